The lowest BCUT2D eigenvalue weighted by atomic mass is 9.92. The van der Waals surface area contributed by atoms with Crippen LogP contribution in [0.4, 0.5) is 0 Å². The Balaban J connectivity index is 1.46. The van der Waals surface area contributed by atoms with E-state index in [1.54, 1.807) is 0 Å². The fourth-order valence-corrected chi connectivity index (χ4v) is 3.98. The van der Waals surface area contributed by atoms with E-state index in [0.717, 1.165) is 41.4 Å². The number of carbonyl (C=O) groups is 2. The van der Waals surface area contributed by atoms with Gasteiger partial charge in [-0.15, -0.1) is 0 Å². The molecular formula is C22H23N3O3. The van der Waals surface area contributed by atoms with Crippen molar-refractivity contribution < 1.29 is 14.7 Å². The molecule has 1 aliphatic heterocycles. The zero-order valence-electron chi connectivity index (χ0n) is 15.5. The average Bonchev–Trinajstić information content (AvgIpc) is 3.14. The van der Waals surface area contributed by atoms with E-state index in [4.69, 9.17) is 0 Å². The molecule has 1 aliphatic rings. The van der Waals surface area contributed by atoms with Crippen molar-refractivity contribution in [1.82, 2.24) is 14.9 Å². The molecule has 6 heteroatoms. The highest BCUT2D eigenvalue weighted by atomic mass is 16.4. The van der Waals surface area contributed by atoms with Crippen molar-refractivity contribution in [3.63, 3.8) is 0 Å². The molecule has 1 unspecified atom stereocenters. The molecule has 0 radical (unpaired) electrons. The van der Waals surface area contributed by atoms with E-state index < -0.39 is 12.0 Å². The van der Waals surface area contributed by atoms with Crippen LogP contribution in [0.2, 0.25) is 0 Å². The second-order valence-electron chi connectivity index (χ2n) is 7.47. The first kappa shape index (κ1) is 18.2. The van der Waals surface area contributed by atoms with Crippen LogP contribution in [0.15, 0.2) is 55.0 Å². The molecule has 0 aliphatic carbocycles. The predicted octanol–water partition coefficient (Wildman–Crippen LogP) is 3.32. The van der Waals surface area contributed by atoms with E-state index >= 15 is 0 Å². The summed E-state index contributed by atoms with van der Waals surface area (Å²) in [7, 11) is 0. The maximum atomic E-state index is 12.7. The number of rotatable bonds is 6. The van der Waals surface area contributed by atoms with Gasteiger partial charge in [-0.05, 0) is 41.2 Å². The van der Waals surface area contributed by atoms with Gasteiger partial charge < -0.3 is 15.0 Å². The molecule has 2 N–H and O–H groups in total. The van der Waals surface area contributed by atoms with Gasteiger partial charge in [0, 0.05) is 24.9 Å². The molecule has 144 valence electrons. The van der Waals surface area contributed by atoms with Gasteiger partial charge in [0.05, 0.1) is 18.8 Å². The molecule has 28 heavy (non-hydrogen) atoms. The number of hydrogen-bond acceptors (Lipinski definition) is 3. The number of carboxylic acids is 1. The summed E-state index contributed by atoms with van der Waals surface area (Å²) in [5.74, 6) is -0.774. The van der Waals surface area contributed by atoms with Crippen LogP contribution in [0.25, 0.3) is 10.8 Å². The lowest BCUT2D eigenvalue weighted by Crippen LogP contribution is -2.33. The third kappa shape index (κ3) is 4.06. The minimum atomic E-state index is -0.931. The third-order valence-corrected chi connectivity index (χ3v) is 5.44. The van der Waals surface area contributed by atoms with Gasteiger partial charge in [-0.25, -0.2) is 4.98 Å². The third-order valence-electron chi connectivity index (χ3n) is 5.44. The molecule has 0 saturated carbocycles. The topological polar surface area (TPSA) is 84.2 Å². The van der Waals surface area contributed by atoms with Crippen molar-refractivity contribution in [3.05, 3.63) is 66.2 Å². The van der Waals surface area contributed by atoms with E-state index in [-0.39, 0.29) is 18.2 Å². The Hall–Kier alpha value is -3.15. The summed E-state index contributed by atoms with van der Waals surface area (Å²) in [5, 5.41) is 14.4. The zero-order chi connectivity index (χ0) is 19.5. The van der Waals surface area contributed by atoms with Crippen LogP contribution < -0.4 is 5.32 Å². The molecule has 4 rings (SSSR count). The summed E-state index contributed by atoms with van der Waals surface area (Å²) in [4.78, 5) is 28.2. The first-order valence-corrected chi connectivity index (χ1v) is 9.57. The fourth-order valence-electron chi connectivity index (χ4n) is 3.98. The molecule has 3 aromatic rings. The van der Waals surface area contributed by atoms with Crippen molar-refractivity contribution in [2.45, 2.75) is 38.3 Å². The molecule has 0 fully saturated rings. The standard InChI is InChI=1S/C22H23N3O3/c26-21(10-15-7-8-25-14-23-13-19(25)9-15)24-20(12-22(27)28)18-6-5-16-3-1-2-4-17(16)11-18/h1-6,11,13-15,20H,7-10,12H2,(H,24,26)(H,27,28)/t15?,20-/m0/s1. The van der Waals surface area contributed by atoms with Crippen LogP contribution in [-0.2, 0) is 22.6 Å². The predicted molar refractivity (Wildman–Crippen MR) is 106 cm³/mol. The maximum Gasteiger partial charge on any atom is 0.305 e. The number of imidazole rings is 1. The summed E-state index contributed by atoms with van der Waals surface area (Å²) in [6.07, 6.45) is 5.69. The molecule has 0 spiro atoms. The highest BCUT2D eigenvalue weighted by Crippen LogP contribution is 2.25. The van der Waals surface area contributed by atoms with Crippen LogP contribution in [0.1, 0.15) is 36.6 Å². The normalized spacial score (nSPS) is 17.1. The van der Waals surface area contributed by atoms with Crippen LogP contribution in [0.3, 0.4) is 0 Å². The first-order valence-electron chi connectivity index (χ1n) is 9.57. The summed E-state index contributed by atoms with van der Waals surface area (Å²) in [6, 6.07) is 13.2. The molecule has 2 heterocycles. The number of aryl methyl sites for hydroxylation is 1. The molecular weight excluding hydrogens is 354 g/mol. The molecule has 2 aromatic carbocycles. The number of fused-ring (bicyclic) bond motifs is 2. The molecule has 2 atom stereocenters. The molecule has 6 nitrogen and oxygen atoms in total. The molecule has 1 amide bonds. The minimum absolute atomic E-state index is 0.0997. The Kier molecular flexibility index (Phi) is 5.10. The highest BCUT2D eigenvalue weighted by Gasteiger charge is 2.24. The Morgan fingerprint density at radius 2 is 2.04 bits per heavy atom. The van der Waals surface area contributed by atoms with Crippen LogP contribution in [0.5, 0.6) is 0 Å². The molecule has 0 bridgehead atoms. The van der Waals surface area contributed by atoms with Crippen LogP contribution in [-0.4, -0.2) is 26.5 Å². The van der Waals surface area contributed by atoms with Gasteiger partial charge in [0.1, 0.15) is 0 Å². The average molecular weight is 377 g/mol. The molecule has 0 saturated heterocycles. The summed E-state index contributed by atoms with van der Waals surface area (Å²) < 4.78 is 2.12. The van der Waals surface area contributed by atoms with E-state index in [2.05, 4.69) is 14.9 Å². The number of amides is 1. The number of nitrogens with one attached hydrogen (secondary N) is 1. The lowest BCUT2D eigenvalue weighted by Gasteiger charge is -2.24. The second-order valence-corrected chi connectivity index (χ2v) is 7.47. The Morgan fingerprint density at radius 3 is 2.86 bits per heavy atom. The van der Waals surface area contributed by atoms with Gasteiger partial charge in [-0.2, -0.15) is 0 Å². The number of carbonyl (C=O) groups excluding carboxylic acids is 1. The van der Waals surface area contributed by atoms with Crippen LogP contribution in [0, 0.1) is 5.92 Å². The van der Waals surface area contributed by atoms with E-state index in [1.165, 1.54) is 0 Å². The van der Waals surface area contributed by atoms with Gasteiger partial charge in [0.25, 0.3) is 0 Å². The zero-order valence-corrected chi connectivity index (χ0v) is 15.5. The van der Waals surface area contributed by atoms with Crippen LogP contribution >= 0.6 is 0 Å². The van der Waals surface area contributed by atoms with Gasteiger partial charge in [0.2, 0.25) is 5.91 Å². The van der Waals surface area contributed by atoms with Crippen molar-refractivity contribution in [2.75, 3.05) is 0 Å². The summed E-state index contributed by atoms with van der Waals surface area (Å²) in [5.41, 5.74) is 1.97. The Morgan fingerprint density at radius 1 is 1.21 bits per heavy atom. The number of nitrogens with zero attached hydrogens (tertiary/aromatic N) is 2. The van der Waals surface area contributed by atoms with Gasteiger partial charge in [-0.3, -0.25) is 9.59 Å². The van der Waals surface area contributed by atoms with Crippen molar-refractivity contribution in [2.24, 2.45) is 5.92 Å². The summed E-state index contributed by atoms with van der Waals surface area (Å²) >= 11 is 0. The van der Waals surface area contributed by atoms with Crippen molar-refractivity contribution >= 4 is 22.6 Å². The summed E-state index contributed by atoms with van der Waals surface area (Å²) in [6.45, 7) is 0.872. The number of benzene rings is 2. The van der Waals surface area contributed by atoms with Gasteiger partial charge in [0.15, 0.2) is 0 Å². The quantitative estimate of drug-likeness (QED) is 0.690. The van der Waals surface area contributed by atoms with Crippen molar-refractivity contribution in [3.8, 4) is 0 Å². The van der Waals surface area contributed by atoms with Gasteiger partial charge >= 0.3 is 5.97 Å². The SMILES string of the molecule is O=C(O)C[C@H](NC(=O)CC1CCn2cncc2C1)c1ccc2ccccc2c1. The van der Waals surface area contributed by atoms with E-state index in [0.29, 0.717) is 6.42 Å². The Bertz CT molecular complexity index is 1010. The minimum Gasteiger partial charge on any atom is -0.481 e. The van der Waals surface area contributed by atoms with Gasteiger partial charge in [-0.1, -0.05) is 36.4 Å². The van der Waals surface area contributed by atoms with E-state index in [9.17, 15) is 14.7 Å². The number of carboxylic acid groups (broad SMARTS) is 1. The first-order chi connectivity index (χ1) is 13.6. The lowest BCUT2D eigenvalue weighted by molar-refractivity contribution is -0.137. The second kappa shape index (κ2) is 7.84. The number of hydrogen-bond donors (Lipinski definition) is 2. The smallest absolute Gasteiger partial charge is 0.305 e. The number of aromatic nitrogens is 2. The fraction of sp³-hybridized carbons (Fsp3) is 0.318. The Labute approximate surface area is 163 Å². The number of aliphatic carboxylic acids is 1. The highest BCUT2D eigenvalue weighted by molar-refractivity contribution is 5.84. The van der Waals surface area contributed by atoms with E-state index in [1.807, 2.05) is 55.0 Å². The monoisotopic (exact) mass is 377 g/mol. The maximum absolute atomic E-state index is 12.7. The largest absolute Gasteiger partial charge is 0.481 e. The van der Waals surface area contributed by atoms with Crippen molar-refractivity contribution in [1.29, 1.82) is 0 Å². The molecule has 1 aromatic heterocycles.